The van der Waals surface area contributed by atoms with Gasteiger partial charge in [-0.1, -0.05) is 18.6 Å². The van der Waals surface area contributed by atoms with Gasteiger partial charge in [-0.15, -0.1) is 0 Å². The van der Waals surface area contributed by atoms with Crippen molar-refractivity contribution < 1.29 is 32.6 Å². The fourth-order valence-corrected chi connectivity index (χ4v) is 5.73. The van der Waals surface area contributed by atoms with E-state index in [4.69, 9.17) is 27.3 Å². The van der Waals surface area contributed by atoms with Gasteiger partial charge < -0.3 is 32.4 Å². The number of aromatic hydroxyl groups is 1. The van der Waals surface area contributed by atoms with E-state index in [-0.39, 0.29) is 50.4 Å². The highest BCUT2D eigenvalue weighted by molar-refractivity contribution is 7.91. The van der Waals surface area contributed by atoms with Gasteiger partial charge >= 0.3 is 5.97 Å². The smallest absolute Gasteiger partial charge is 0.330 e. The molecule has 2 atom stereocenters. The number of phenols is 1. The first-order chi connectivity index (χ1) is 17.8. The van der Waals surface area contributed by atoms with Gasteiger partial charge in [0.2, 0.25) is 16.7 Å². The third kappa shape index (κ3) is 8.13. The van der Waals surface area contributed by atoms with Gasteiger partial charge in [-0.3, -0.25) is 19.9 Å². The Morgan fingerprint density at radius 3 is 2.32 bits per heavy atom. The Balaban J connectivity index is 2.39. The summed E-state index contributed by atoms with van der Waals surface area (Å²) in [7, 11) is -3.84. The Hall–Kier alpha value is -3.23. The maximum Gasteiger partial charge on any atom is 0.330 e. The normalized spacial score (nSPS) is 16.6. The van der Waals surface area contributed by atoms with Gasteiger partial charge in [-0.05, 0) is 49.8 Å². The third-order valence-corrected chi connectivity index (χ3v) is 8.36. The molecule has 1 aromatic rings. The summed E-state index contributed by atoms with van der Waals surface area (Å²) < 4.78 is 31.1. The minimum Gasteiger partial charge on any atom is -0.508 e. The Kier molecular flexibility index (Phi) is 11.0. The van der Waals surface area contributed by atoms with Crippen LogP contribution >= 0.6 is 0 Å². The number of sulfone groups is 1. The molecule has 1 fully saturated rings. The molecular formula is C24H38N6O7S. The maximum atomic E-state index is 13.5. The molecule has 9 N–H and O–H groups in total. The monoisotopic (exact) mass is 554 g/mol. The largest absolute Gasteiger partial charge is 0.508 e. The molecule has 0 aliphatic heterocycles. The molecule has 0 radical (unpaired) electrons. The Morgan fingerprint density at radius 1 is 1.18 bits per heavy atom. The van der Waals surface area contributed by atoms with Crippen LogP contribution in [-0.4, -0.2) is 78.5 Å². The molecular weight excluding hydrogens is 516 g/mol. The van der Waals surface area contributed by atoms with Gasteiger partial charge in [0.05, 0.1) is 12.6 Å². The van der Waals surface area contributed by atoms with Crippen LogP contribution in [0.1, 0.15) is 50.5 Å². The standard InChI is InChI=1S/C24H38N6O7S/c1-38(35,36)24(11-3-2-4-12-24)37-22(34)19(6-5-13-29-23(27)28)30(20(32)15-25)21(33)18(26)14-16-7-9-17(31)10-8-16/h7-10,18-19,31H,2-6,11-15,25-26H2,1H3,(H4,27,28,29)/t18-,19-/m0/s1. The number of guanidine groups is 1. The van der Waals surface area contributed by atoms with Crippen molar-refractivity contribution in [3.05, 3.63) is 29.8 Å². The van der Waals surface area contributed by atoms with Crippen LogP contribution in [0.5, 0.6) is 5.75 Å². The molecule has 212 valence electrons. The molecule has 0 aromatic heterocycles. The highest BCUT2D eigenvalue weighted by Crippen LogP contribution is 2.37. The van der Waals surface area contributed by atoms with Crippen LogP contribution in [0.3, 0.4) is 0 Å². The number of rotatable bonds is 12. The predicted molar refractivity (Wildman–Crippen MR) is 140 cm³/mol. The van der Waals surface area contributed by atoms with Crippen molar-refractivity contribution in [2.45, 2.75) is 68.4 Å². The van der Waals surface area contributed by atoms with Crippen LogP contribution < -0.4 is 22.5 Å². The van der Waals surface area contributed by atoms with Gasteiger partial charge in [0.15, 0.2) is 15.8 Å². The second-order valence-electron chi connectivity index (χ2n) is 9.45. The minimum absolute atomic E-state index is 0.00555. The summed E-state index contributed by atoms with van der Waals surface area (Å²) in [5.74, 6) is -3.09. The SMILES string of the molecule is CS(=O)(=O)C1(OC(=O)[C@H](CCCNC(=N)N)N(C(=O)CN)C(=O)[C@@H](N)Cc2ccc(O)cc2)CCCCC1. The number of benzene rings is 1. The van der Waals surface area contributed by atoms with Crippen molar-refractivity contribution in [3.63, 3.8) is 0 Å². The number of ether oxygens (including phenoxy) is 1. The minimum atomic E-state index is -3.84. The molecule has 0 saturated heterocycles. The number of nitrogens with zero attached hydrogens (tertiary/aromatic N) is 1. The van der Waals surface area contributed by atoms with E-state index in [1.165, 1.54) is 12.1 Å². The average molecular weight is 555 g/mol. The zero-order valence-corrected chi connectivity index (χ0v) is 22.3. The van der Waals surface area contributed by atoms with Crippen molar-refractivity contribution in [3.8, 4) is 5.75 Å². The lowest BCUT2D eigenvalue weighted by Gasteiger charge is -2.38. The van der Waals surface area contributed by atoms with Crippen LogP contribution in [-0.2, 0) is 35.4 Å². The van der Waals surface area contributed by atoms with E-state index in [0.717, 1.165) is 12.7 Å². The lowest BCUT2D eigenvalue weighted by atomic mass is 9.96. The fraction of sp³-hybridized carbons (Fsp3) is 0.583. The third-order valence-electron chi connectivity index (χ3n) is 6.52. The molecule has 0 spiro atoms. The molecule has 38 heavy (non-hydrogen) atoms. The van der Waals surface area contributed by atoms with Gasteiger partial charge in [0.1, 0.15) is 11.8 Å². The molecule has 0 bridgehead atoms. The number of carbonyl (C=O) groups excluding carboxylic acids is 3. The first kappa shape index (κ1) is 31.0. The number of hydrogen-bond acceptors (Lipinski definition) is 10. The topological polar surface area (TPSA) is 232 Å². The van der Waals surface area contributed by atoms with Crippen molar-refractivity contribution in [1.82, 2.24) is 10.2 Å². The summed E-state index contributed by atoms with van der Waals surface area (Å²) in [4.78, 5) is 38.8. The zero-order valence-electron chi connectivity index (χ0n) is 21.5. The Bertz CT molecular complexity index is 1100. The van der Waals surface area contributed by atoms with Crippen molar-refractivity contribution >= 4 is 33.6 Å². The van der Waals surface area contributed by atoms with E-state index >= 15 is 0 Å². The van der Waals surface area contributed by atoms with Gasteiger partial charge in [0, 0.05) is 25.6 Å². The summed E-state index contributed by atoms with van der Waals surface area (Å²) in [5.41, 5.74) is 17.6. The molecule has 1 aliphatic carbocycles. The Labute approximate surface area is 222 Å². The fourth-order valence-electron chi connectivity index (χ4n) is 4.46. The first-order valence-corrected chi connectivity index (χ1v) is 14.3. The highest BCUT2D eigenvalue weighted by atomic mass is 32.2. The molecule has 13 nitrogen and oxygen atoms in total. The average Bonchev–Trinajstić information content (AvgIpc) is 2.86. The number of hydrogen-bond donors (Lipinski definition) is 6. The van der Waals surface area contributed by atoms with Gasteiger partial charge in [-0.2, -0.15) is 0 Å². The van der Waals surface area contributed by atoms with Gasteiger partial charge in [-0.25, -0.2) is 13.2 Å². The lowest BCUT2D eigenvalue weighted by Crippen LogP contribution is -2.58. The van der Waals surface area contributed by atoms with Crippen molar-refractivity contribution in [1.29, 1.82) is 5.41 Å². The van der Waals surface area contributed by atoms with E-state index < -0.39 is 51.2 Å². The van der Waals surface area contributed by atoms with E-state index in [1.54, 1.807) is 12.1 Å². The molecule has 1 saturated carbocycles. The Morgan fingerprint density at radius 2 is 1.79 bits per heavy atom. The summed E-state index contributed by atoms with van der Waals surface area (Å²) in [6, 6.07) is 3.22. The van der Waals surface area contributed by atoms with E-state index in [2.05, 4.69) is 5.32 Å². The number of amides is 2. The number of imide groups is 1. The summed E-state index contributed by atoms with van der Waals surface area (Å²) in [5, 5.41) is 19.4. The summed E-state index contributed by atoms with van der Waals surface area (Å²) >= 11 is 0. The zero-order chi connectivity index (χ0) is 28.5. The van der Waals surface area contributed by atoms with Crippen LogP contribution in [0.25, 0.3) is 0 Å². The number of phenolic OH excluding ortho intramolecular Hbond substituents is 1. The van der Waals surface area contributed by atoms with E-state index in [0.29, 0.717) is 23.3 Å². The summed E-state index contributed by atoms with van der Waals surface area (Å²) in [6.07, 6.45) is 3.14. The molecule has 0 heterocycles. The molecule has 1 aromatic carbocycles. The number of nitrogens with one attached hydrogen (secondary N) is 2. The van der Waals surface area contributed by atoms with Crippen LogP contribution in [0.2, 0.25) is 0 Å². The van der Waals surface area contributed by atoms with Gasteiger partial charge in [0.25, 0.3) is 0 Å². The van der Waals surface area contributed by atoms with Crippen LogP contribution in [0.15, 0.2) is 24.3 Å². The number of carbonyl (C=O) groups is 3. The molecule has 2 amide bonds. The molecule has 1 aliphatic rings. The molecule has 14 heteroatoms. The van der Waals surface area contributed by atoms with E-state index in [1.807, 2.05) is 0 Å². The van der Waals surface area contributed by atoms with Crippen LogP contribution in [0, 0.1) is 5.41 Å². The van der Waals surface area contributed by atoms with Crippen molar-refractivity contribution in [2.24, 2.45) is 17.2 Å². The molecule has 2 rings (SSSR count). The number of nitrogens with two attached hydrogens (primary N) is 3. The predicted octanol–water partition coefficient (Wildman–Crippen LogP) is -0.544. The number of esters is 1. The maximum absolute atomic E-state index is 13.5. The van der Waals surface area contributed by atoms with Crippen LogP contribution in [0.4, 0.5) is 0 Å². The first-order valence-electron chi connectivity index (χ1n) is 12.4. The second kappa shape index (κ2) is 13.5. The molecule has 0 unspecified atom stereocenters. The lowest BCUT2D eigenvalue weighted by molar-refractivity contribution is -0.168. The second-order valence-corrected chi connectivity index (χ2v) is 11.7. The van der Waals surface area contributed by atoms with Crippen molar-refractivity contribution in [2.75, 3.05) is 19.3 Å². The quantitative estimate of drug-likeness (QED) is 0.0830. The van der Waals surface area contributed by atoms with E-state index in [9.17, 15) is 27.9 Å². The summed E-state index contributed by atoms with van der Waals surface area (Å²) in [6.45, 7) is -0.459. The highest BCUT2D eigenvalue weighted by Gasteiger charge is 2.48.